The highest BCUT2D eigenvalue weighted by molar-refractivity contribution is 7.19. The zero-order valence-electron chi connectivity index (χ0n) is 9.15. The highest BCUT2D eigenvalue weighted by atomic mass is 32.1. The molecule has 6 heteroatoms. The Balaban J connectivity index is 3.25. The fourth-order valence-corrected chi connectivity index (χ4v) is 2.38. The van der Waals surface area contributed by atoms with Gasteiger partial charge in [-0.3, -0.25) is 4.79 Å². The van der Waals surface area contributed by atoms with Gasteiger partial charge in [-0.2, -0.15) is 5.26 Å². The summed E-state index contributed by atoms with van der Waals surface area (Å²) in [5, 5.41) is 18.4. The number of rotatable bonds is 4. The number of aliphatic hydroxyl groups is 1. The second kappa shape index (κ2) is 4.96. The molecule has 0 saturated carbocycles. The van der Waals surface area contributed by atoms with Gasteiger partial charge < -0.3 is 15.7 Å². The SMILES string of the molecule is CC(=O)c1sc(N(C)CCO)c(C#N)c1N. The first kappa shape index (κ1) is 12.5. The smallest absolute Gasteiger partial charge is 0.171 e. The van der Waals surface area contributed by atoms with Gasteiger partial charge in [0.2, 0.25) is 0 Å². The van der Waals surface area contributed by atoms with E-state index in [2.05, 4.69) is 0 Å². The number of nitrogens with two attached hydrogens (primary N) is 1. The Morgan fingerprint density at radius 1 is 1.69 bits per heavy atom. The third kappa shape index (κ3) is 2.15. The van der Waals surface area contributed by atoms with E-state index in [-0.39, 0.29) is 18.1 Å². The molecule has 0 aliphatic heterocycles. The maximum atomic E-state index is 11.3. The number of aliphatic hydroxyl groups excluding tert-OH is 1. The summed E-state index contributed by atoms with van der Waals surface area (Å²) >= 11 is 1.18. The number of nitrogen functional groups attached to an aromatic ring is 1. The number of hydrogen-bond acceptors (Lipinski definition) is 6. The Labute approximate surface area is 97.7 Å². The van der Waals surface area contributed by atoms with Crippen LogP contribution in [0, 0.1) is 11.3 Å². The first-order valence-corrected chi connectivity index (χ1v) is 5.49. The molecule has 5 nitrogen and oxygen atoms in total. The van der Waals surface area contributed by atoms with E-state index >= 15 is 0 Å². The summed E-state index contributed by atoms with van der Waals surface area (Å²) in [5.41, 5.74) is 6.27. The van der Waals surface area contributed by atoms with Crippen LogP contribution in [0.15, 0.2) is 0 Å². The van der Waals surface area contributed by atoms with Gasteiger partial charge in [-0.15, -0.1) is 11.3 Å². The molecular weight excluding hydrogens is 226 g/mol. The number of hydrogen-bond donors (Lipinski definition) is 2. The summed E-state index contributed by atoms with van der Waals surface area (Å²) in [6, 6.07) is 1.99. The van der Waals surface area contributed by atoms with Crippen molar-refractivity contribution in [3.05, 3.63) is 10.4 Å². The first-order chi connectivity index (χ1) is 7.52. The van der Waals surface area contributed by atoms with Crippen molar-refractivity contribution in [2.75, 3.05) is 30.8 Å². The van der Waals surface area contributed by atoms with Crippen LogP contribution in [0.2, 0.25) is 0 Å². The fourth-order valence-electron chi connectivity index (χ4n) is 1.32. The van der Waals surface area contributed by atoms with Crippen molar-refractivity contribution in [3.8, 4) is 6.07 Å². The summed E-state index contributed by atoms with van der Waals surface area (Å²) in [5.74, 6) is -0.150. The molecule has 0 atom stereocenters. The lowest BCUT2D eigenvalue weighted by Gasteiger charge is -2.15. The Bertz CT molecular complexity index is 448. The molecule has 86 valence electrons. The zero-order valence-corrected chi connectivity index (χ0v) is 9.97. The molecule has 0 radical (unpaired) electrons. The number of carbonyl (C=O) groups excluding carboxylic acids is 1. The number of nitrogens with zero attached hydrogens (tertiary/aromatic N) is 2. The van der Waals surface area contributed by atoms with Crippen LogP contribution in [0.3, 0.4) is 0 Å². The van der Waals surface area contributed by atoms with Gasteiger partial charge in [0.05, 0.1) is 17.2 Å². The molecule has 3 N–H and O–H groups in total. The van der Waals surface area contributed by atoms with E-state index in [1.165, 1.54) is 18.3 Å². The summed E-state index contributed by atoms with van der Waals surface area (Å²) in [6.07, 6.45) is 0. The molecule has 16 heavy (non-hydrogen) atoms. The quantitative estimate of drug-likeness (QED) is 0.759. The van der Waals surface area contributed by atoms with Gasteiger partial charge in [-0.05, 0) is 0 Å². The zero-order chi connectivity index (χ0) is 12.3. The van der Waals surface area contributed by atoms with Crippen LogP contribution in [-0.4, -0.2) is 31.1 Å². The molecule has 0 saturated heterocycles. The highest BCUT2D eigenvalue weighted by Gasteiger charge is 2.20. The van der Waals surface area contributed by atoms with Crippen molar-refractivity contribution < 1.29 is 9.90 Å². The fraction of sp³-hybridized carbons (Fsp3) is 0.400. The Morgan fingerprint density at radius 3 is 2.75 bits per heavy atom. The number of nitriles is 1. The second-order valence-electron chi connectivity index (χ2n) is 3.34. The van der Waals surface area contributed by atoms with E-state index in [9.17, 15) is 4.79 Å². The van der Waals surface area contributed by atoms with E-state index in [1.54, 1.807) is 11.9 Å². The van der Waals surface area contributed by atoms with Crippen molar-refractivity contribution in [2.24, 2.45) is 0 Å². The van der Waals surface area contributed by atoms with Crippen molar-refractivity contribution in [3.63, 3.8) is 0 Å². The lowest BCUT2D eigenvalue weighted by Crippen LogP contribution is -2.20. The molecule has 0 amide bonds. The van der Waals surface area contributed by atoms with E-state index in [4.69, 9.17) is 16.1 Å². The van der Waals surface area contributed by atoms with Crippen LogP contribution in [-0.2, 0) is 0 Å². The third-order valence-corrected chi connectivity index (χ3v) is 3.56. The van der Waals surface area contributed by atoms with E-state index in [0.717, 1.165) is 0 Å². The van der Waals surface area contributed by atoms with E-state index in [1.807, 2.05) is 6.07 Å². The van der Waals surface area contributed by atoms with Gasteiger partial charge in [-0.1, -0.05) is 0 Å². The monoisotopic (exact) mass is 239 g/mol. The number of ketones is 1. The molecule has 1 rings (SSSR count). The number of anilines is 2. The van der Waals surface area contributed by atoms with Crippen LogP contribution in [0.4, 0.5) is 10.7 Å². The Morgan fingerprint density at radius 2 is 2.31 bits per heavy atom. The average Bonchev–Trinajstić information content (AvgIpc) is 2.55. The lowest BCUT2D eigenvalue weighted by atomic mass is 10.2. The Hall–Kier alpha value is -1.58. The first-order valence-electron chi connectivity index (χ1n) is 4.68. The molecule has 0 aliphatic rings. The summed E-state index contributed by atoms with van der Waals surface area (Å²) in [4.78, 5) is 13.4. The maximum Gasteiger partial charge on any atom is 0.171 e. The normalized spacial score (nSPS) is 9.88. The standard InChI is InChI=1S/C10H13N3O2S/c1-6(15)9-8(12)7(5-11)10(16-9)13(2)3-4-14/h14H,3-4,12H2,1-2H3. The predicted molar refractivity (Wildman–Crippen MR) is 63.8 cm³/mol. The van der Waals surface area contributed by atoms with Gasteiger partial charge in [0, 0.05) is 20.5 Å². The lowest BCUT2D eigenvalue weighted by molar-refractivity contribution is 0.102. The summed E-state index contributed by atoms with van der Waals surface area (Å²) < 4.78 is 0. The van der Waals surface area contributed by atoms with Crippen LogP contribution >= 0.6 is 11.3 Å². The van der Waals surface area contributed by atoms with Crippen molar-refractivity contribution in [1.82, 2.24) is 0 Å². The largest absolute Gasteiger partial charge is 0.396 e. The third-order valence-electron chi connectivity index (χ3n) is 2.14. The summed E-state index contributed by atoms with van der Waals surface area (Å²) in [7, 11) is 1.74. The maximum absolute atomic E-state index is 11.3. The predicted octanol–water partition coefficient (Wildman–Crippen LogP) is 0.833. The minimum atomic E-state index is -0.150. The van der Waals surface area contributed by atoms with E-state index in [0.29, 0.717) is 22.0 Å². The van der Waals surface area contributed by atoms with Crippen LogP contribution in [0.25, 0.3) is 0 Å². The number of Topliss-reactive ketones (excluding diaryl/α,β-unsaturated/α-hetero) is 1. The number of carbonyl (C=O) groups is 1. The molecule has 0 fully saturated rings. The van der Waals surface area contributed by atoms with Gasteiger partial charge in [0.25, 0.3) is 0 Å². The minimum absolute atomic E-state index is 0.0193. The molecule has 1 aromatic rings. The van der Waals surface area contributed by atoms with Crippen molar-refractivity contribution in [2.45, 2.75) is 6.92 Å². The summed E-state index contributed by atoms with van der Waals surface area (Å²) in [6.45, 7) is 1.79. The molecule has 1 heterocycles. The van der Waals surface area contributed by atoms with Crippen LogP contribution in [0.5, 0.6) is 0 Å². The molecule has 0 aromatic carbocycles. The van der Waals surface area contributed by atoms with E-state index < -0.39 is 0 Å². The molecule has 1 aromatic heterocycles. The Kier molecular flexibility index (Phi) is 3.88. The van der Waals surface area contributed by atoms with Gasteiger partial charge in [0.15, 0.2) is 5.78 Å². The van der Waals surface area contributed by atoms with Crippen molar-refractivity contribution >= 4 is 27.8 Å². The number of likely N-dealkylation sites (N-methyl/N-ethyl adjacent to an activating group) is 1. The molecule has 0 aliphatic carbocycles. The van der Waals surface area contributed by atoms with Gasteiger partial charge in [0.1, 0.15) is 16.6 Å². The molecule has 0 unspecified atom stereocenters. The van der Waals surface area contributed by atoms with Crippen LogP contribution in [0.1, 0.15) is 22.2 Å². The molecule has 0 spiro atoms. The second-order valence-corrected chi connectivity index (χ2v) is 4.34. The average molecular weight is 239 g/mol. The number of thiophene rings is 1. The van der Waals surface area contributed by atoms with Crippen molar-refractivity contribution in [1.29, 1.82) is 5.26 Å². The van der Waals surface area contributed by atoms with Gasteiger partial charge in [-0.25, -0.2) is 0 Å². The topological polar surface area (TPSA) is 90.4 Å². The minimum Gasteiger partial charge on any atom is -0.396 e. The van der Waals surface area contributed by atoms with Gasteiger partial charge >= 0.3 is 0 Å². The molecule has 0 bridgehead atoms. The highest BCUT2D eigenvalue weighted by Crippen LogP contribution is 2.37. The molecular formula is C10H13N3O2S. The van der Waals surface area contributed by atoms with Crippen LogP contribution < -0.4 is 10.6 Å².